The van der Waals surface area contributed by atoms with Crippen molar-refractivity contribution in [2.45, 2.75) is 30.2 Å². The molecule has 1 unspecified atom stereocenters. The van der Waals surface area contributed by atoms with Gasteiger partial charge in [0.25, 0.3) is 0 Å². The molecule has 1 aromatic rings. The molecular weight excluding hydrogens is 232 g/mol. The number of nitrogens with one attached hydrogen (secondary N) is 2. The minimum atomic E-state index is -0.0290. The van der Waals surface area contributed by atoms with E-state index in [0.29, 0.717) is 0 Å². The topological polar surface area (TPSA) is 41.1 Å². The third kappa shape index (κ3) is 3.23. The van der Waals surface area contributed by atoms with Crippen molar-refractivity contribution in [2.24, 2.45) is 0 Å². The van der Waals surface area contributed by atoms with Crippen molar-refractivity contribution in [3.8, 4) is 0 Å². The fraction of sp³-hybridized carbons (Fsp3) is 0.462. The Bertz CT molecular complexity index is 389. The van der Waals surface area contributed by atoms with Crippen molar-refractivity contribution in [1.29, 1.82) is 0 Å². The van der Waals surface area contributed by atoms with Crippen LogP contribution in [0, 0.1) is 0 Å². The molecule has 17 heavy (non-hydrogen) atoms. The molecule has 1 heterocycles. The molecule has 0 aliphatic carbocycles. The molecule has 1 aliphatic heterocycles. The highest BCUT2D eigenvalue weighted by Crippen LogP contribution is 2.25. The summed E-state index contributed by atoms with van der Waals surface area (Å²) in [7, 11) is 0. The molecule has 0 aromatic heterocycles. The zero-order chi connectivity index (χ0) is 12.1. The van der Waals surface area contributed by atoms with E-state index in [-0.39, 0.29) is 11.9 Å². The number of hydrogen-bond donors (Lipinski definition) is 2. The molecule has 0 spiro atoms. The molecule has 92 valence electrons. The Morgan fingerprint density at radius 3 is 2.94 bits per heavy atom. The first-order valence-corrected chi connectivity index (χ1v) is 7.21. The second-order valence-corrected chi connectivity index (χ2v) is 5.04. The first kappa shape index (κ1) is 12.5. The fourth-order valence-corrected chi connectivity index (χ4v) is 2.60. The lowest BCUT2D eigenvalue weighted by atomic mass is 10.0. The summed E-state index contributed by atoms with van der Waals surface area (Å²) in [5.41, 5.74) is 0.914. The van der Waals surface area contributed by atoms with Gasteiger partial charge in [-0.2, -0.15) is 0 Å². The summed E-state index contributed by atoms with van der Waals surface area (Å²) < 4.78 is 0. The molecule has 1 aromatic carbocycles. The van der Waals surface area contributed by atoms with E-state index in [1.807, 2.05) is 30.5 Å². The van der Waals surface area contributed by atoms with Gasteiger partial charge in [-0.1, -0.05) is 18.6 Å². The average molecular weight is 250 g/mol. The number of para-hydroxylation sites is 1. The lowest BCUT2D eigenvalue weighted by Crippen LogP contribution is -2.43. The number of amides is 1. The van der Waals surface area contributed by atoms with E-state index in [4.69, 9.17) is 0 Å². The standard InChI is InChI=1S/C13H18N2OS/c1-17-12-8-3-2-6-10(12)15-13(16)11-7-4-5-9-14-11/h2-3,6,8,11,14H,4-5,7,9H2,1H3,(H,15,16). The van der Waals surface area contributed by atoms with E-state index in [2.05, 4.69) is 10.6 Å². The third-order valence-electron chi connectivity index (χ3n) is 2.99. The van der Waals surface area contributed by atoms with Crippen LogP contribution >= 0.6 is 11.8 Å². The number of anilines is 1. The van der Waals surface area contributed by atoms with Crippen LogP contribution in [0.1, 0.15) is 19.3 Å². The summed E-state index contributed by atoms with van der Waals surface area (Å²) in [6.45, 7) is 0.947. The van der Waals surface area contributed by atoms with Gasteiger partial charge in [0.05, 0.1) is 11.7 Å². The van der Waals surface area contributed by atoms with Gasteiger partial charge < -0.3 is 10.6 Å². The van der Waals surface area contributed by atoms with Crippen molar-refractivity contribution in [3.63, 3.8) is 0 Å². The molecule has 1 fully saturated rings. The monoisotopic (exact) mass is 250 g/mol. The Morgan fingerprint density at radius 2 is 2.24 bits per heavy atom. The highest BCUT2D eigenvalue weighted by molar-refractivity contribution is 7.98. The highest BCUT2D eigenvalue weighted by Gasteiger charge is 2.20. The van der Waals surface area contributed by atoms with Crippen LogP contribution in [-0.2, 0) is 4.79 Å². The first-order valence-electron chi connectivity index (χ1n) is 5.98. The molecule has 0 radical (unpaired) electrons. The number of thioether (sulfide) groups is 1. The lowest BCUT2D eigenvalue weighted by molar-refractivity contribution is -0.118. The Morgan fingerprint density at radius 1 is 1.41 bits per heavy atom. The molecule has 1 amide bonds. The van der Waals surface area contributed by atoms with E-state index in [1.165, 1.54) is 6.42 Å². The Balaban J connectivity index is 2.01. The minimum absolute atomic E-state index is 0.0290. The lowest BCUT2D eigenvalue weighted by Gasteiger charge is -2.23. The normalized spacial score (nSPS) is 19.9. The van der Waals surface area contributed by atoms with Crippen LogP contribution in [0.2, 0.25) is 0 Å². The smallest absolute Gasteiger partial charge is 0.241 e. The highest BCUT2D eigenvalue weighted by atomic mass is 32.2. The quantitative estimate of drug-likeness (QED) is 0.810. The van der Waals surface area contributed by atoms with Crippen LogP contribution < -0.4 is 10.6 Å². The number of piperidine rings is 1. The molecule has 2 rings (SSSR count). The van der Waals surface area contributed by atoms with E-state index in [1.54, 1.807) is 11.8 Å². The Labute approximate surface area is 106 Å². The number of carbonyl (C=O) groups is 1. The predicted octanol–water partition coefficient (Wildman–Crippen LogP) is 2.49. The maximum Gasteiger partial charge on any atom is 0.241 e. The van der Waals surface area contributed by atoms with Crippen molar-refractivity contribution in [2.75, 3.05) is 18.1 Å². The zero-order valence-electron chi connectivity index (χ0n) is 10.0. The predicted molar refractivity (Wildman–Crippen MR) is 72.5 cm³/mol. The third-order valence-corrected chi connectivity index (χ3v) is 3.79. The van der Waals surface area contributed by atoms with Crippen molar-refractivity contribution in [3.05, 3.63) is 24.3 Å². The molecule has 2 N–H and O–H groups in total. The molecule has 1 saturated heterocycles. The number of benzene rings is 1. The van der Waals surface area contributed by atoms with Crippen molar-refractivity contribution >= 4 is 23.4 Å². The van der Waals surface area contributed by atoms with Crippen LogP contribution in [-0.4, -0.2) is 24.7 Å². The van der Waals surface area contributed by atoms with E-state index >= 15 is 0 Å². The minimum Gasteiger partial charge on any atom is -0.324 e. The molecule has 4 heteroatoms. The molecular formula is C13H18N2OS. The summed E-state index contributed by atoms with van der Waals surface area (Å²) in [6, 6.07) is 7.88. The van der Waals surface area contributed by atoms with Gasteiger partial charge in [0.1, 0.15) is 0 Å². The summed E-state index contributed by atoms with van der Waals surface area (Å²) in [5, 5.41) is 6.27. The first-order chi connectivity index (χ1) is 8.31. The van der Waals surface area contributed by atoms with Crippen molar-refractivity contribution in [1.82, 2.24) is 5.32 Å². The number of hydrogen-bond acceptors (Lipinski definition) is 3. The SMILES string of the molecule is CSc1ccccc1NC(=O)C1CCCCN1. The van der Waals surface area contributed by atoms with Gasteiger partial charge in [0.2, 0.25) is 5.91 Å². The van der Waals surface area contributed by atoms with Crippen LogP contribution in [0.25, 0.3) is 0 Å². The second kappa shape index (κ2) is 6.07. The maximum absolute atomic E-state index is 12.1. The summed E-state index contributed by atoms with van der Waals surface area (Å²) in [5.74, 6) is 0.0891. The van der Waals surface area contributed by atoms with Crippen LogP contribution in [0.15, 0.2) is 29.2 Å². The van der Waals surface area contributed by atoms with E-state index in [0.717, 1.165) is 30.0 Å². The van der Waals surface area contributed by atoms with Crippen LogP contribution in [0.3, 0.4) is 0 Å². The summed E-state index contributed by atoms with van der Waals surface area (Å²) in [4.78, 5) is 13.2. The van der Waals surface area contributed by atoms with E-state index in [9.17, 15) is 4.79 Å². The number of carbonyl (C=O) groups excluding carboxylic acids is 1. The summed E-state index contributed by atoms with van der Waals surface area (Å²) >= 11 is 1.65. The van der Waals surface area contributed by atoms with Gasteiger partial charge in [-0.05, 0) is 37.8 Å². The Kier molecular flexibility index (Phi) is 4.45. The summed E-state index contributed by atoms with van der Waals surface area (Å²) in [6.07, 6.45) is 5.26. The van der Waals surface area contributed by atoms with Gasteiger partial charge >= 0.3 is 0 Å². The second-order valence-electron chi connectivity index (χ2n) is 4.19. The zero-order valence-corrected chi connectivity index (χ0v) is 10.8. The largest absolute Gasteiger partial charge is 0.324 e. The van der Waals surface area contributed by atoms with Crippen molar-refractivity contribution < 1.29 is 4.79 Å². The molecule has 0 bridgehead atoms. The van der Waals surface area contributed by atoms with Crippen LogP contribution in [0.4, 0.5) is 5.69 Å². The molecule has 0 saturated carbocycles. The number of rotatable bonds is 3. The van der Waals surface area contributed by atoms with Gasteiger partial charge in [-0.3, -0.25) is 4.79 Å². The Hall–Kier alpha value is -1.00. The van der Waals surface area contributed by atoms with Gasteiger partial charge in [-0.15, -0.1) is 11.8 Å². The van der Waals surface area contributed by atoms with Gasteiger partial charge in [-0.25, -0.2) is 0 Å². The molecule has 1 aliphatic rings. The van der Waals surface area contributed by atoms with E-state index < -0.39 is 0 Å². The fourth-order valence-electron chi connectivity index (χ4n) is 2.04. The average Bonchev–Trinajstić information content (AvgIpc) is 2.40. The van der Waals surface area contributed by atoms with Crippen LogP contribution in [0.5, 0.6) is 0 Å². The van der Waals surface area contributed by atoms with Gasteiger partial charge in [0, 0.05) is 4.90 Å². The van der Waals surface area contributed by atoms with Gasteiger partial charge in [0.15, 0.2) is 0 Å². The molecule has 3 nitrogen and oxygen atoms in total. The molecule has 1 atom stereocenters. The maximum atomic E-state index is 12.1.